The number of ether oxygens (including phenoxy) is 4. The zero-order valence-corrected chi connectivity index (χ0v) is 22.5. The summed E-state index contributed by atoms with van der Waals surface area (Å²) < 4.78 is 20.9. The number of hydrogen-bond donors (Lipinski definition) is 5. The van der Waals surface area contributed by atoms with Crippen LogP contribution in [-0.4, -0.2) is 117 Å². The van der Waals surface area contributed by atoms with Crippen molar-refractivity contribution in [3.63, 3.8) is 0 Å². The summed E-state index contributed by atoms with van der Waals surface area (Å²) in [6.07, 6.45) is -0.270. The first-order valence-corrected chi connectivity index (χ1v) is 12.7. The molecule has 0 aromatic heterocycles. The molecule has 0 aliphatic heterocycles. The Labute approximate surface area is 227 Å². The average molecular weight is 564 g/mol. The minimum Gasteiger partial charge on any atom is -0.481 e. The number of carbonyl (C=O) groups is 6. The van der Waals surface area contributed by atoms with Gasteiger partial charge in [0.1, 0.15) is 19.3 Å². The molecule has 0 aromatic rings. The van der Waals surface area contributed by atoms with E-state index in [1.165, 1.54) is 6.92 Å². The van der Waals surface area contributed by atoms with Crippen molar-refractivity contribution in [2.24, 2.45) is 0 Å². The molecule has 0 aliphatic carbocycles. The normalized spacial score (nSPS) is 12.3. The van der Waals surface area contributed by atoms with Crippen molar-refractivity contribution in [1.29, 1.82) is 0 Å². The van der Waals surface area contributed by atoms with Crippen LogP contribution in [0.2, 0.25) is 0 Å². The van der Waals surface area contributed by atoms with Crippen molar-refractivity contribution >= 4 is 35.4 Å². The number of ketones is 1. The lowest BCUT2D eigenvalue weighted by Crippen LogP contribution is -2.52. The Morgan fingerprint density at radius 1 is 0.667 bits per heavy atom. The van der Waals surface area contributed by atoms with E-state index in [2.05, 4.69) is 16.0 Å². The van der Waals surface area contributed by atoms with Crippen LogP contribution in [0.25, 0.3) is 0 Å². The maximum atomic E-state index is 12.6. The van der Waals surface area contributed by atoms with Gasteiger partial charge in [0.05, 0.1) is 39.1 Å². The molecule has 0 saturated carbocycles. The van der Waals surface area contributed by atoms with Gasteiger partial charge in [-0.15, -0.1) is 0 Å². The third-order valence-corrected chi connectivity index (χ3v) is 4.88. The highest BCUT2D eigenvalue weighted by molar-refractivity contribution is 5.92. The van der Waals surface area contributed by atoms with Crippen LogP contribution in [0.3, 0.4) is 0 Å². The van der Waals surface area contributed by atoms with Gasteiger partial charge in [0.15, 0.2) is 5.78 Å². The van der Waals surface area contributed by atoms with Crippen molar-refractivity contribution in [3.8, 4) is 0 Å². The van der Waals surface area contributed by atoms with Crippen molar-refractivity contribution in [3.05, 3.63) is 0 Å². The molecule has 0 saturated heterocycles. The Morgan fingerprint density at radius 2 is 1.18 bits per heavy atom. The first-order chi connectivity index (χ1) is 18.6. The predicted octanol–water partition coefficient (Wildman–Crippen LogP) is -1.13. The molecule has 0 fully saturated rings. The molecule has 0 rings (SSSR count). The third kappa shape index (κ3) is 21.5. The fourth-order valence-corrected chi connectivity index (χ4v) is 2.92. The number of hydrogen-bond acceptors (Lipinski definition) is 10. The van der Waals surface area contributed by atoms with Gasteiger partial charge in [0, 0.05) is 26.0 Å². The number of amides is 3. The Morgan fingerprint density at radius 3 is 1.72 bits per heavy atom. The van der Waals surface area contributed by atoms with Crippen LogP contribution >= 0.6 is 0 Å². The highest BCUT2D eigenvalue weighted by Gasteiger charge is 2.26. The van der Waals surface area contributed by atoms with E-state index in [9.17, 15) is 28.8 Å². The van der Waals surface area contributed by atoms with Gasteiger partial charge >= 0.3 is 11.9 Å². The summed E-state index contributed by atoms with van der Waals surface area (Å²) in [7, 11) is 0. The Bertz CT molecular complexity index is 777. The third-order valence-electron chi connectivity index (χ3n) is 4.88. The Hall–Kier alpha value is -3.14. The van der Waals surface area contributed by atoms with Gasteiger partial charge in [-0.1, -0.05) is 6.92 Å². The minimum atomic E-state index is -1.27. The summed E-state index contributed by atoms with van der Waals surface area (Å²) in [4.78, 5) is 69.8. The summed E-state index contributed by atoms with van der Waals surface area (Å²) in [6.45, 7) is 4.67. The van der Waals surface area contributed by atoms with E-state index in [1.807, 2.05) is 6.92 Å². The van der Waals surface area contributed by atoms with Crippen molar-refractivity contribution in [2.45, 2.75) is 58.0 Å². The quantitative estimate of drug-likeness (QED) is 0.0834. The van der Waals surface area contributed by atoms with Gasteiger partial charge in [-0.25, -0.2) is 0 Å². The molecule has 0 heterocycles. The van der Waals surface area contributed by atoms with Crippen LogP contribution in [0.4, 0.5) is 0 Å². The van der Waals surface area contributed by atoms with Gasteiger partial charge in [0.2, 0.25) is 17.7 Å². The average Bonchev–Trinajstić information content (AvgIpc) is 2.87. The monoisotopic (exact) mass is 563 g/mol. The van der Waals surface area contributed by atoms with Crippen molar-refractivity contribution in [2.75, 3.05) is 59.4 Å². The highest BCUT2D eigenvalue weighted by atomic mass is 16.5. The second-order valence-corrected chi connectivity index (χ2v) is 8.34. The van der Waals surface area contributed by atoms with E-state index in [0.29, 0.717) is 19.8 Å². The molecule has 39 heavy (non-hydrogen) atoms. The second-order valence-electron chi connectivity index (χ2n) is 8.34. The minimum absolute atomic E-state index is 0.0375. The molecule has 0 radical (unpaired) electrons. The number of carboxylic acids is 2. The molecule has 224 valence electrons. The van der Waals surface area contributed by atoms with Crippen LogP contribution in [0.15, 0.2) is 0 Å². The zero-order chi connectivity index (χ0) is 29.5. The van der Waals surface area contributed by atoms with Crippen molar-refractivity contribution < 1.29 is 57.9 Å². The molecule has 0 aromatic carbocycles. The lowest BCUT2D eigenvalue weighted by atomic mass is 10.1. The fourth-order valence-electron chi connectivity index (χ4n) is 2.92. The summed E-state index contributed by atoms with van der Waals surface area (Å²) in [5.41, 5.74) is 0. The molecule has 15 heteroatoms. The molecule has 5 N–H and O–H groups in total. The van der Waals surface area contributed by atoms with Crippen LogP contribution in [0, 0.1) is 0 Å². The van der Waals surface area contributed by atoms with E-state index in [0.717, 1.165) is 6.42 Å². The first-order valence-electron chi connectivity index (χ1n) is 12.7. The van der Waals surface area contributed by atoms with E-state index in [1.54, 1.807) is 0 Å². The van der Waals surface area contributed by atoms with Gasteiger partial charge < -0.3 is 45.1 Å². The smallest absolute Gasteiger partial charge is 0.303 e. The number of Topliss-reactive ketones (excluding diaryl/α,β-unsaturated/α-hetero) is 1. The van der Waals surface area contributed by atoms with E-state index < -0.39 is 54.6 Å². The molecular formula is C24H41N3O12. The SMILES string of the molecule is CCCOCCOCC(=O)NCCOCCOCC(=O)N[C@@H](CCC(=O)O)C(=O)N[C@@H](CCC(=O)O)C(C)=O. The Balaban J connectivity index is 4.24. The molecule has 0 aliphatic rings. The number of aliphatic carboxylic acids is 2. The molecule has 0 unspecified atom stereocenters. The van der Waals surface area contributed by atoms with E-state index >= 15 is 0 Å². The summed E-state index contributed by atoms with van der Waals surface area (Å²) >= 11 is 0. The lowest BCUT2D eigenvalue weighted by molar-refractivity contribution is -0.139. The summed E-state index contributed by atoms with van der Waals surface area (Å²) in [5.74, 6) is -4.61. The predicted molar refractivity (Wildman–Crippen MR) is 135 cm³/mol. The van der Waals surface area contributed by atoms with Crippen LogP contribution < -0.4 is 16.0 Å². The van der Waals surface area contributed by atoms with E-state index in [-0.39, 0.29) is 58.1 Å². The molecular weight excluding hydrogens is 522 g/mol. The fraction of sp³-hybridized carbons (Fsp3) is 0.750. The van der Waals surface area contributed by atoms with Gasteiger partial charge in [0.25, 0.3) is 0 Å². The van der Waals surface area contributed by atoms with Crippen molar-refractivity contribution in [1.82, 2.24) is 16.0 Å². The molecule has 0 spiro atoms. The molecule has 15 nitrogen and oxygen atoms in total. The second kappa shape index (κ2) is 22.8. The largest absolute Gasteiger partial charge is 0.481 e. The maximum Gasteiger partial charge on any atom is 0.303 e. The highest BCUT2D eigenvalue weighted by Crippen LogP contribution is 2.04. The number of carbonyl (C=O) groups excluding carboxylic acids is 4. The topological polar surface area (TPSA) is 216 Å². The van der Waals surface area contributed by atoms with Crippen LogP contribution in [0.5, 0.6) is 0 Å². The number of rotatable bonds is 25. The van der Waals surface area contributed by atoms with Crippen LogP contribution in [0.1, 0.15) is 46.0 Å². The van der Waals surface area contributed by atoms with E-state index in [4.69, 9.17) is 29.2 Å². The Kier molecular flexibility index (Phi) is 21.0. The van der Waals surface area contributed by atoms with Gasteiger partial charge in [-0.05, 0) is 26.2 Å². The number of nitrogens with one attached hydrogen (secondary N) is 3. The first kappa shape index (κ1) is 35.9. The number of carboxylic acid groups (broad SMARTS) is 2. The van der Waals surface area contributed by atoms with Gasteiger partial charge in [-0.3, -0.25) is 28.8 Å². The summed E-state index contributed by atoms with van der Waals surface area (Å²) in [6, 6.07) is -2.36. The van der Waals surface area contributed by atoms with Gasteiger partial charge in [-0.2, -0.15) is 0 Å². The maximum absolute atomic E-state index is 12.6. The molecule has 2 atom stereocenters. The lowest BCUT2D eigenvalue weighted by Gasteiger charge is -2.21. The molecule has 3 amide bonds. The standard InChI is InChI=1S/C24H41N3O12/c1-3-9-36-11-13-38-15-20(29)25-8-10-37-12-14-39-16-21(30)26-19(5-7-23(33)34)24(35)27-18(17(2)28)4-6-22(31)32/h18-19H,3-16H2,1-2H3,(H,25,29)(H,26,30)(H,27,35)(H,31,32)(H,33,34)/t18-,19-/m0/s1. The molecule has 0 bridgehead atoms. The van der Waals surface area contributed by atoms with Crippen LogP contribution in [-0.2, 0) is 47.7 Å². The zero-order valence-electron chi connectivity index (χ0n) is 22.5. The summed E-state index contributed by atoms with van der Waals surface area (Å²) in [5, 5.41) is 25.1.